The second kappa shape index (κ2) is 4.27. The van der Waals surface area contributed by atoms with Crippen molar-refractivity contribution >= 4 is 23.3 Å². The zero-order valence-electron chi connectivity index (χ0n) is 9.45. The smallest absolute Gasteiger partial charge is 0.317 e. The molecule has 3 aliphatic rings. The molecule has 0 bridgehead atoms. The molecule has 0 aromatic heterocycles. The van der Waals surface area contributed by atoms with Crippen LogP contribution in [0.25, 0.3) is 0 Å². The lowest BCUT2D eigenvalue weighted by Gasteiger charge is -2.32. The summed E-state index contributed by atoms with van der Waals surface area (Å²) in [5.41, 5.74) is 1.68. The predicted molar refractivity (Wildman–Crippen MR) is 67.2 cm³/mol. The minimum atomic E-state index is -0.138. The summed E-state index contributed by atoms with van der Waals surface area (Å²) in [6, 6.07) is 0.141. The maximum absolute atomic E-state index is 12.0. The van der Waals surface area contributed by atoms with Crippen molar-refractivity contribution in [3.63, 3.8) is 0 Å². The summed E-state index contributed by atoms with van der Waals surface area (Å²) in [7, 11) is 0. The number of piperidine rings is 1. The van der Waals surface area contributed by atoms with Crippen LogP contribution in [0.1, 0.15) is 19.3 Å². The summed E-state index contributed by atoms with van der Waals surface area (Å²) in [4.78, 5) is 17.9. The van der Waals surface area contributed by atoms with Crippen LogP contribution in [0.15, 0.2) is 27.9 Å². The van der Waals surface area contributed by atoms with Crippen molar-refractivity contribution in [1.29, 1.82) is 0 Å². The van der Waals surface area contributed by atoms with E-state index < -0.39 is 0 Å². The lowest BCUT2D eigenvalue weighted by Crippen LogP contribution is -2.43. The van der Waals surface area contributed by atoms with Crippen LogP contribution >= 0.6 is 11.6 Å². The fourth-order valence-corrected chi connectivity index (χ4v) is 2.75. The Hall–Kier alpha value is -1.13. The highest BCUT2D eigenvalue weighted by molar-refractivity contribution is 6.34. The van der Waals surface area contributed by atoms with E-state index in [-0.39, 0.29) is 12.1 Å². The Bertz CT molecular complexity index is 447. The van der Waals surface area contributed by atoms with Crippen LogP contribution in [0, 0.1) is 0 Å². The van der Waals surface area contributed by atoms with E-state index in [4.69, 9.17) is 11.6 Å². The summed E-state index contributed by atoms with van der Waals surface area (Å²) in [5.74, 6) is 0. The molecule has 0 spiro atoms. The highest BCUT2D eigenvalue weighted by Crippen LogP contribution is 2.30. The number of nitrogens with one attached hydrogen (secondary N) is 1. The Labute approximate surface area is 105 Å². The van der Waals surface area contributed by atoms with Gasteiger partial charge in [-0.25, -0.2) is 4.79 Å². The monoisotopic (exact) mass is 251 g/mol. The molecular formula is C12H14ClN3O. The van der Waals surface area contributed by atoms with Gasteiger partial charge in [-0.15, -0.1) is 0 Å². The molecule has 2 aliphatic heterocycles. The Morgan fingerprint density at radius 3 is 2.94 bits per heavy atom. The largest absolute Gasteiger partial charge is 0.348 e. The highest BCUT2D eigenvalue weighted by Gasteiger charge is 2.35. The SMILES string of the molecule is O=C1N=C2C=C(Cl)CC=C2N1C1CCNCC1. The number of carbonyl (C=O) groups is 1. The number of fused-ring (bicyclic) bond motifs is 1. The van der Waals surface area contributed by atoms with Gasteiger partial charge in [0, 0.05) is 17.5 Å². The molecule has 0 saturated carbocycles. The second-order valence-corrected chi connectivity index (χ2v) is 5.00. The molecule has 0 radical (unpaired) electrons. The van der Waals surface area contributed by atoms with Crippen molar-refractivity contribution in [2.75, 3.05) is 13.1 Å². The summed E-state index contributed by atoms with van der Waals surface area (Å²) in [6.07, 6.45) is 6.49. The van der Waals surface area contributed by atoms with Crippen LogP contribution < -0.4 is 5.32 Å². The van der Waals surface area contributed by atoms with E-state index in [1.54, 1.807) is 6.08 Å². The molecule has 90 valence electrons. The third-order valence-corrected chi connectivity index (χ3v) is 3.67. The molecule has 4 nitrogen and oxygen atoms in total. The first-order chi connectivity index (χ1) is 8.25. The molecule has 0 aromatic carbocycles. The molecule has 1 saturated heterocycles. The van der Waals surface area contributed by atoms with E-state index >= 15 is 0 Å². The zero-order chi connectivity index (χ0) is 11.8. The number of carbonyl (C=O) groups excluding carboxylic acids is 1. The van der Waals surface area contributed by atoms with Crippen LogP contribution in [-0.2, 0) is 0 Å². The Balaban J connectivity index is 1.86. The number of aliphatic imine (C=N–C) groups is 1. The van der Waals surface area contributed by atoms with Gasteiger partial charge < -0.3 is 5.32 Å². The number of hydrogen-bond acceptors (Lipinski definition) is 2. The topological polar surface area (TPSA) is 44.7 Å². The number of halogens is 1. The lowest BCUT2D eigenvalue weighted by atomic mass is 10.0. The average molecular weight is 252 g/mol. The van der Waals surface area contributed by atoms with Gasteiger partial charge in [0.2, 0.25) is 0 Å². The van der Waals surface area contributed by atoms with Crippen molar-refractivity contribution in [2.45, 2.75) is 25.3 Å². The Kier molecular flexibility index (Phi) is 2.76. The molecule has 1 aliphatic carbocycles. The van der Waals surface area contributed by atoms with E-state index in [9.17, 15) is 4.79 Å². The van der Waals surface area contributed by atoms with Gasteiger partial charge in [0.25, 0.3) is 0 Å². The second-order valence-electron chi connectivity index (χ2n) is 4.52. The van der Waals surface area contributed by atoms with Gasteiger partial charge in [0.1, 0.15) is 0 Å². The quantitative estimate of drug-likeness (QED) is 0.775. The minimum Gasteiger partial charge on any atom is -0.317 e. The number of rotatable bonds is 1. The van der Waals surface area contributed by atoms with Crippen LogP contribution in [-0.4, -0.2) is 35.8 Å². The summed E-state index contributed by atoms with van der Waals surface area (Å²) >= 11 is 5.96. The van der Waals surface area contributed by atoms with Gasteiger partial charge in [-0.2, -0.15) is 4.99 Å². The highest BCUT2D eigenvalue weighted by atomic mass is 35.5. The van der Waals surface area contributed by atoms with Gasteiger partial charge in [0.05, 0.1) is 11.4 Å². The number of amides is 2. The fourth-order valence-electron chi connectivity index (χ4n) is 2.57. The lowest BCUT2D eigenvalue weighted by molar-refractivity contribution is 0.197. The first-order valence-corrected chi connectivity index (χ1v) is 6.33. The molecule has 0 atom stereocenters. The van der Waals surface area contributed by atoms with Crippen molar-refractivity contribution < 1.29 is 4.79 Å². The molecular weight excluding hydrogens is 238 g/mol. The number of hydrogen-bond donors (Lipinski definition) is 1. The van der Waals surface area contributed by atoms with Crippen molar-refractivity contribution in [3.8, 4) is 0 Å². The first-order valence-electron chi connectivity index (χ1n) is 5.95. The maximum Gasteiger partial charge on any atom is 0.348 e. The van der Waals surface area contributed by atoms with Gasteiger partial charge in [-0.3, -0.25) is 4.90 Å². The van der Waals surface area contributed by atoms with E-state index in [1.807, 2.05) is 11.0 Å². The molecule has 17 heavy (non-hydrogen) atoms. The molecule has 0 aromatic rings. The summed E-state index contributed by atoms with van der Waals surface area (Å²) in [5, 5.41) is 4.05. The van der Waals surface area contributed by atoms with E-state index in [1.165, 1.54) is 0 Å². The summed E-state index contributed by atoms with van der Waals surface area (Å²) < 4.78 is 0. The first kappa shape index (κ1) is 11.0. The molecule has 3 rings (SSSR count). The molecule has 2 amide bonds. The van der Waals surface area contributed by atoms with Gasteiger partial charge in [0.15, 0.2) is 0 Å². The van der Waals surface area contributed by atoms with Gasteiger partial charge >= 0.3 is 6.03 Å². The standard InChI is InChI=1S/C12H14ClN3O/c13-8-1-2-11-10(7-8)15-12(17)16(11)9-3-5-14-6-4-9/h2,7,9,14H,1,3-6H2. The van der Waals surface area contributed by atoms with Crippen LogP contribution in [0.4, 0.5) is 4.79 Å². The van der Waals surface area contributed by atoms with Crippen LogP contribution in [0.5, 0.6) is 0 Å². The normalized spacial score (nSPS) is 25.4. The fraction of sp³-hybridized carbons (Fsp3) is 0.500. The number of urea groups is 1. The predicted octanol–water partition coefficient (Wildman–Crippen LogP) is 2.03. The Morgan fingerprint density at radius 2 is 2.18 bits per heavy atom. The van der Waals surface area contributed by atoms with Crippen LogP contribution in [0.3, 0.4) is 0 Å². The molecule has 1 N–H and O–H groups in total. The maximum atomic E-state index is 12.0. The molecule has 0 unspecified atom stereocenters. The van der Waals surface area contributed by atoms with Crippen LogP contribution in [0.2, 0.25) is 0 Å². The van der Waals surface area contributed by atoms with Gasteiger partial charge in [-0.05, 0) is 32.0 Å². The van der Waals surface area contributed by atoms with Crippen molar-refractivity contribution in [2.24, 2.45) is 4.99 Å². The minimum absolute atomic E-state index is 0.138. The zero-order valence-corrected chi connectivity index (χ0v) is 10.2. The van der Waals surface area contributed by atoms with E-state index in [0.717, 1.165) is 42.4 Å². The van der Waals surface area contributed by atoms with E-state index in [0.29, 0.717) is 6.42 Å². The number of nitrogens with zero attached hydrogens (tertiary/aromatic N) is 2. The molecule has 1 fully saturated rings. The third-order valence-electron chi connectivity index (χ3n) is 3.40. The van der Waals surface area contributed by atoms with E-state index in [2.05, 4.69) is 10.3 Å². The molecule has 5 heteroatoms. The summed E-state index contributed by atoms with van der Waals surface area (Å²) in [6.45, 7) is 1.93. The van der Waals surface area contributed by atoms with Gasteiger partial charge in [-0.1, -0.05) is 17.7 Å². The number of allylic oxidation sites excluding steroid dienone is 3. The van der Waals surface area contributed by atoms with Crippen molar-refractivity contribution in [1.82, 2.24) is 10.2 Å². The van der Waals surface area contributed by atoms with Crippen molar-refractivity contribution in [3.05, 3.63) is 22.9 Å². The average Bonchev–Trinajstić information content (AvgIpc) is 2.65. The molecule has 2 heterocycles. The Morgan fingerprint density at radius 1 is 1.41 bits per heavy atom. The third kappa shape index (κ3) is 1.91.